The van der Waals surface area contributed by atoms with Crippen molar-refractivity contribution in [1.29, 1.82) is 0 Å². The van der Waals surface area contributed by atoms with Crippen LogP contribution in [-0.2, 0) is 0 Å². The topological polar surface area (TPSA) is 66.3 Å². The van der Waals surface area contributed by atoms with Gasteiger partial charge in [-0.15, -0.1) is 0 Å². The molecule has 1 N–H and O–H groups in total. The van der Waals surface area contributed by atoms with Crippen LogP contribution in [0.2, 0.25) is 0 Å². The maximum Gasteiger partial charge on any atom is 0.253 e. The Kier molecular flexibility index (Phi) is 3.59. The second-order valence-electron chi connectivity index (χ2n) is 5.85. The zero-order chi connectivity index (χ0) is 14.9. The van der Waals surface area contributed by atoms with Crippen molar-refractivity contribution in [3.63, 3.8) is 0 Å². The number of hydrogen-bond donors (Lipinski definition) is 1. The van der Waals surface area contributed by atoms with Crippen LogP contribution in [0.3, 0.4) is 0 Å². The highest BCUT2D eigenvalue weighted by atomic mass is 16.3. The van der Waals surface area contributed by atoms with Gasteiger partial charge in [-0.05, 0) is 31.0 Å². The summed E-state index contributed by atoms with van der Waals surface area (Å²) in [7, 11) is 1.74. The Morgan fingerprint density at radius 1 is 1.24 bits per heavy atom. The molecule has 0 aliphatic heterocycles. The number of aromatic nitrogens is 2. The van der Waals surface area contributed by atoms with Crippen molar-refractivity contribution < 1.29 is 9.90 Å². The normalized spacial score (nSPS) is 17.0. The van der Waals surface area contributed by atoms with Crippen LogP contribution in [0.1, 0.15) is 36.0 Å². The smallest absolute Gasteiger partial charge is 0.253 e. The zero-order valence-electron chi connectivity index (χ0n) is 12.1. The van der Waals surface area contributed by atoms with Crippen LogP contribution in [0.15, 0.2) is 30.6 Å². The van der Waals surface area contributed by atoms with Gasteiger partial charge in [0.1, 0.15) is 0 Å². The molecule has 0 spiro atoms. The molecule has 1 aliphatic carbocycles. The van der Waals surface area contributed by atoms with Crippen molar-refractivity contribution in [3.05, 3.63) is 36.2 Å². The number of carbonyl (C=O) groups excluding carboxylic acids is 1. The lowest BCUT2D eigenvalue weighted by Gasteiger charge is -2.28. The molecule has 5 heteroatoms. The van der Waals surface area contributed by atoms with Gasteiger partial charge in [-0.25, -0.2) is 0 Å². The van der Waals surface area contributed by atoms with E-state index in [0.717, 1.165) is 31.2 Å². The molecular formula is C16H19N3O2. The summed E-state index contributed by atoms with van der Waals surface area (Å²) in [5, 5.41) is 10.4. The highest BCUT2D eigenvalue weighted by Crippen LogP contribution is 2.30. The molecule has 0 saturated heterocycles. The predicted octanol–water partition coefficient (Wildman–Crippen LogP) is 2.01. The maximum atomic E-state index is 12.5. The van der Waals surface area contributed by atoms with Crippen LogP contribution in [0, 0.1) is 0 Å². The first kappa shape index (κ1) is 13.9. The number of benzene rings is 1. The van der Waals surface area contributed by atoms with Crippen molar-refractivity contribution in [2.45, 2.75) is 31.3 Å². The first-order valence-corrected chi connectivity index (χ1v) is 7.26. The molecule has 0 unspecified atom stereocenters. The molecular weight excluding hydrogens is 266 g/mol. The molecule has 1 aliphatic rings. The summed E-state index contributed by atoms with van der Waals surface area (Å²) in [4.78, 5) is 22.5. The quantitative estimate of drug-likeness (QED) is 0.936. The molecule has 1 aromatic carbocycles. The van der Waals surface area contributed by atoms with Crippen LogP contribution in [0.5, 0.6) is 0 Å². The van der Waals surface area contributed by atoms with E-state index in [0.29, 0.717) is 17.6 Å². The number of nitrogens with zero attached hydrogens (tertiary/aromatic N) is 3. The van der Waals surface area contributed by atoms with E-state index in [1.54, 1.807) is 42.5 Å². The van der Waals surface area contributed by atoms with Crippen LogP contribution in [0.4, 0.5) is 0 Å². The number of hydrogen-bond acceptors (Lipinski definition) is 4. The van der Waals surface area contributed by atoms with Gasteiger partial charge in [-0.2, -0.15) is 0 Å². The number of amides is 1. The third-order valence-electron chi connectivity index (χ3n) is 4.13. The molecule has 1 saturated carbocycles. The molecule has 5 nitrogen and oxygen atoms in total. The maximum absolute atomic E-state index is 12.5. The lowest BCUT2D eigenvalue weighted by atomic mass is 10.0. The molecule has 2 aromatic rings. The van der Waals surface area contributed by atoms with Gasteiger partial charge in [-0.1, -0.05) is 12.8 Å². The SMILES string of the molecule is CN(CC1(O)CCCC1)C(=O)c1ccc2nccnc2c1. The lowest BCUT2D eigenvalue weighted by molar-refractivity contribution is 0.0157. The molecule has 1 aromatic heterocycles. The number of fused-ring (bicyclic) bond motifs is 1. The fourth-order valence-electron chi connectivity index (χ4n) is 3.02. The number of aliphatic hydroxyl groups is 1. The van der Waals surface area contributed by atoms with Gasteiger partial charge < -0.3 is 10.0 Å². The largest absolute Gasteiger partial charge is 0.388 e. The van der Waals surface area contributed by atoms with E-state index in [9.17, 15) is 9.90 Å². The van der Waals surface area contributed by atoms with Gasteiger partial charge in [-0.3, -0.25) is 14.8 Å². The van der Waals surface area contributed by atoms with E-state index in [4.69, 9.17) is 0 Å². The first-order chi connectivity index (χ1) is 10.1. The monoisotopic (exact) mass is 285 g/mol. The lowest BCUT2D eigenvalue weighted by Crippen LogP contribution is -2.42. The minimum atomic E-state index is -0.721. The zero-order valence-corrected chi connectivity index (χ0v) is 12.1. The van der Waals surface area contributed by atoms with E-state index < -0.39 is 5.60 Å². The third kappa shape index (κ3) is 2.88. The average molecular weight is 285 g/mol. The number of carbonyl (C=O) groups is 1. The molecule has 1 amide bonds. The van der Waals surface area contributed by atoms with Crippen LogP contribution >= 0.6 is 0 Å². The molecule has 1 fully saturated rings. The Morgan fingerprint density at radius 2 is 1.90 bits per heavy atom. The second kappa shape index (κ2) is 5.41. The van der Waals surface area contributed by atoms with E-state index in [1.807, 2.05) is 0 Å². The van der Waals surface area contributed by atoms with Crippen LogP contribution in [0.25, 0.3) is 11.0 Å². The fourth-order valence-corrected chi connectivity index (χ4v) is 3.02. The molecule has 110 valence electrons. The Balaban J connectivity index is 1.79. The summed E-state index contributed by atoms with van der Waals surface area (Å²) < 4.78 is 0. The standard InChI is InChI=1S/C16H19N3O2/c1-19(11-16(21)6-2-3-7-16)15(20)12-4-5-13-14(10-12)18-9-8-17-13/h4-5,8-10,21H,2-3,6-7,11H2,1H3. The van der Waals surface area contributed by atoms with E-state index in [-0.39, 0.29) is 5.91 Å². The van der Waals surface area contributed by atoms with E-state index >= 15 is 0 Å². The summed E-state index contributed by atoms with van der Waals surface area (Å²) in [5.74, 6) is -0.0946. The molecule has 0 bridgehead atoms. The minimum absolute atomic E-state index is 0.0946. The van der Waals surface area contributed by atoms with Gasteiger partial charge in [0.25, 0.3) is 5.91 Å². The van der Waals surface area contributed by atoms with E-state index in [2.05, 4.69) is 9.97 Å². The molecule has 0 atom stereocenters. The van der Waals surface area contributed by atoms with Gasteiger partial charge in [0.05, 0.1) is 16.6 Å². The Labute approximate surface area is 123 Å². The summed E-state index contributed by atoms with van der Waals surface area (Å²) in [6.07, 6.45) is 6.85. The molecule has 21 heavy (non-hydrogen) atoms. The van der Waals surface area contributed by atoms with Crippen molar-refractivity contribution in [1.82, 2.24) is 14.9 Å². The molecule has 3 rings (SSSR count). The number of rotatable bonds is 3. The van der Waals surface area contributed by atoms with Crippen molar-refractivity contribution in [2.24, 2.45) is 0 Å². The molecule has 0 radical (unpaired) electrons. The van der Waals surface area contributed by atoms with Gasteiger partial charge in [0.2, 0.25) is 0 Å². The Morgan fingerprint density at radius 3 is 2.62 bits per heavy atom. The van der Waals surface area contributed by atoms with Crippen molar-refractivity contribution >= 4 is 16.9 Å². The van der Waals surface area contributed by atoms with Crippen LogP contribution < -0.4 is 0 Å². The summed E-state index contributed by atoms with van der Waals surface area (Å²) in [6.45, 7) is 0.379. The van der Waals surface area contributed by atoms with Crippen molar-refractivity contribution in [2.75, 3.05) is 13.6 Å². The van der Waals surface area contributed by atoms with Gasteiger partial charge in [0, 0.05) is 31.5 Å². The van der Waals surface area contributed by atoms with Crippen molar-refractivity contribution in [3.8, 4) is 0 Å². The van der Waals surface area contributed by atoms with Gasteiger partial charge in [0.15, 0.2) is 0 Å². The average Bonchev–Trinajstić information content (AvgIpc) is 2.92. The van der Waals surface area contributed by atoms with E-state index in [1.165, 1.54) is 0 Å². The van der Waals surface area contributed by atoms with Gasteiger partial charge >= 0.3 is 0 Å². The summed E-state index contributed by atoms with van der Waals surface area (Å²) >= 11 is 0. The highest BCUT2D eigenvalue weighted by molar-refractivity contribution is 5.97. The Hall–Kier alpha value is -2.01. The van der Waals surface area contributed by atoms with Crippen LogP contribution in [-0.4, -0.2) is 45.1 Å². The fraction of sp³-hybridized carbons (Fsp3) is 0.438. The first-order valence-electron chi connectivity index (χ1n) is 7.26. The highest BCUT2D eigenvalue weighted by Gasteiger charge is 2.33. The second-order valence-corrected chi connectivity index (χ2v) is 5.85. The minimum Gasteiger partial charge on any atom is -0.388 e. The third-order valence-corrected chi connectivity index (χ3v) is 4.13. The summed E-state index contributed by atoms with van der Waals surface area (Å²) in [6, 6.07) is 5.31. The predicted molar refractivity (Wildman–Crippen MR) is 79.9 cm³/mol. The Bertz CT molecular complexity index is 665. The molecule has 1 heterocycles. The number of likely N-dealkylation sites (N-methyl/N-ethyl adjacent to an activating group) is 1. The summed E-state index contributed by atoms with van der Waals surface area (Å²) in [5.41, 5.74) is 1.33.